The van der Waals surface area contributed by atoms with Crippen molar-refractivity contribution < 1.29 is 24.2 Å². The molecule has 2 amide bonds. The average molecular weight is 374 g/mol. The van der Waals surface area contributed by atoms with E-state index in [-0.39, 0.29) is 17.6 Å². The zero-order valence-corrected chi connectivity index (χ0v) is 15.9. The number of amides is 2. The zero-order valence-electron chi connectivity index (χ0n) is 15.9. The minimum Gasteiger partial charge on any atom is -0.504 e. The van der Waals surface area contributed by atoms with Gasteiger partial charge in [0.05, 0.1) is 18.7 Å². The first-order chi connectivity index (χ1) is 12.9. The smallest absolute Gasteiger partial charge is 0.338 e. The highest BCUT2D eigenvalue weighted by molar-refractivity contribution is 5.95. The fourth-order valence-corrected chi connectivity index (χ4v) is 3.79. The molecule has 1 saturated carbocycles. The number of urea groups is 1. The van der Waals surface area contributed by atoms with Gasteiger partial charge in [0.25, 0.3) is 0 Å². The van der Waals surface area contributed by atoms with Crippen LogP contribution in [0.1, 0.15) is 51.1 Å². The topological polar surface area (TPSA) is 96.9 Å². The van der Waals surface area contributed by atoms with Crippen LogP contribution in [0.5, 0.6) is 11.5 Å². The summed E-state index contributed by atoms with van der Waals surface area (Å²) in [6.45, 7) is 3.85. The van der Waals surface area contributed by atoms with Crippen LogP contribution in [0.15, 0.2) is 29.5 Å². The second-order valence-corrected chi connectivity index (χ2v) is 7.30. The van der Waals surface area contributed by atoms with E-state index in [0.29, 0.717) is 22.8 Å². The summed E-state index contributed by atoms with van der Waals surface area (Å²) in [6.07, 6.45) is 3.82. The number of hydrogen-bond donors (Lipinski definition) is 3. The Morgan fingerprint density at radius 2 is 2.07 bits per heavy atom. The standard InChI is InChI=1S/C20H26N2O5/c1-11-5-4-6-14(9-11)27-19(24)17-12(2)21-20(25)22-18(17)13-7-8-15(23)16(10-13)26-3/h7-8,10-11,14,18,23H,4-6,9H2,1-3H3,(H2,21,22,25)/t11-,14-,18+/m0/s1. The van der Waals surface area contributed by atoms with Crippen LogP contribution in [0, 0.1) is 5.92 Å². The molecule has 0 unspecified atom stereocenters. The molecule has 0 spiro atoms. The maximum atomic E-state index is 12.9. The van der Waals surface area contributed by atoms with E-state index in [1.54, 1.807) is 19.1 Å². The molecule has 1 fully saturated rings. The molecule has 146 valence electrons. The number of aromatic hydroxyl groups is 1. The molecule has 3 rings (SSSR count). The van der Waals surface area contributed by atoms with Crippen molar-refractivity contribution >= 4 is 12.0 Å². The molecule has 1 heterocycles. The van der Waals surface area contributed by atoms with E-state index in [9.17, 15) is 14.7 Å². The Bertz CT molecular complexity index is 774. The van der Waals surface area contributed by atoms with Gasteiger partial charge in [-0.1, -0.05) is 19.4 Å². The molecular formula is C20H26N2O5. The van der Waals surface area contributed by atoms with Crippen LogP contribution in [0.2, 0.25) is 0 Å². The first-order valence-electron chi connectivity index (χ1n) is 9.25. The Morgan fingerprint density at radius 1 is 1.30 bits per heavy atom. The fourth-order valence-electron chi connectivity index (χ4n) is 3.79. The number of carbonyl (C=O) groups is 2. The lowest BCUT2D eigenvalue weighted by Gasteiger charge is -2.31. The summed E-state index contributed by atoms with van der Waals surface area (Å²) in [5.41, 5.74) is 1.45. The number of ether oxygens (including phenoxy) is 2. The molecule has 7 heteroatoms. The predicted octanol–water partition coefficient (Wildman–Crippen LogP) is 3.15. The monoisotopic (exact) mass is 374 g/mol. The molecule has 1 aliphatic carbocycles. The number of phenols is 1. The summed E-state index contributed by atoms with van der Waals surface area (Å²) < 4.78 is 10.9. The molecule has 1 aromatic carbocycles. The third kappa shape index (κ3) is 4.18. The SMILES string of the molecule is COc1cc([C@H]2NC(=O)NC(C)=C2C(=O)O[C@H]2CCC[C@H](C)C2)ccc1O. The van der Waals surface area contributed by atoms with E-state index in [1.807, 2.05) is 0 Å². The van der Waals surface area contributed by atoms with Crippen molar-refractivity contribution in [2.45, 2.75) is 51.7 Å². The van der Waals surface area contributed by atoms with E-state index in [2.05, 4.69) is 17.6 Å². The highest BCUT2D eigenvalue weighted by Crippen LogP contribution is 2.34. The van der Waals surface area contributed by atoms with Crippen LogP contribution >= 0.6 is 0 Å². The molecule has 3 N–H and O–H groups in total. The fraction of sp³-hybridized carbons (Fsp3) is 0.500. The third-order valence-corrected chi connectivity index (χ3v) is 5.19. The molecule has 27 heavy (non-hydrogen) atoms. The molecule has 0 bridgehead atoms. The Hall–Kier alpha value is -2.70. The van der Waals surface area contributed by atoms with E-state index in [4.69, 9.17) is 9.47 Å². The van der Waals surface area contributed by atoms with Crippen molar-refractivity contribution in [3.05, 3.63) is 35.0 Å². The zero-order chi connectivity index (χ0) is 19.6. The maximum Gasteiger partial charge on any atom is 0.338 e. The highest BCUT2D eigenvalue weighted by atomic mass is 16.5. The summed E-state index contributed by atoms with van der Waals surface area (Å²) in [5.74, 6) is 0.360. The van der Waals surface area contributed by atoms with Gasteiger partial charge in [0.15, 0.2) is 11.5 Å². The Balaban J connectivity index is 1.88. The van der Waals surface area contributed by atoms with Gasteiger partial charge in [-0.3, -0.25) is 0 Å². The number of carbonyl (C=O) groups excluding carboxylic acids is 2. The molecule has 7 nitrogen and oxygen atoms in total. The number of methoxy groups -OCH3 is 1. The summed E-state index contributed by atoms with van der Waals surface area (Å²) >= 11 is 0. The van der Waals surface area contributed by atoms with Gasteiger partial charge >= 0.3 is 12.0 Å². The largest absolute Gasteiger partial charge is 0.504 e. The number of nitrogens with one attached hydrogen (secondary N) is 2. The predicted molar refractivity (Wildman–Crippen MR) is 99.3 cm³/mol. The molecule has 0 aromatic heterocycles. The lowest BCUT2D eigenvalue weighted by Crippen LogP contribution is -2.45. The number of allylic oxidation sites excluding steroid dienone is 1. The highest BCUT2D eigenvalue weighted by Gasteiger charge is 2.34. The third-order valence-electron chi connectivity index (χ3n) is 5.19. The number of benzene rings is 1. The number of esters is 1. The van der Waals surface area contributed by atoms with Crippen LogP contribution in [0.4, 0.5) is 4.79 Å². The van der Waals surface area contributed by atoms with Gasteiger partial charge in [0.1, 0.15) is 6.10 Å². The Labute approximate surface area is 158 Å². The van der Waals surface area contributed by atoms with Gasteiger partial charge in [-0.05, 0) is 49.8 Å². The minimum absolute atomic E-state index is 0.0115. The lowest BCUT2D eigenvalue weighted by atomic mass is 9.88. The van der Waals surface area contributed by atoms with Gasteiger partial charge in [-0.25, -0.2) is 9.59 Å². The van der Waals surface area contributed by atoms with E-state index >= 15 is 0 Å². The van der Waals surface area contributed by atoms with E-state index < -0.39 is 18.0 Å². The molecule has 0 radical (unpaired) electrons. The van der Waals surface area contributed by atoms with Crippen LogP contribution in [-0.2, 0) is 9.53 Å². The quantitative estimate of drug-likeness (QED) is 0.704. The Kier molecular flexibility index (Phi) is 5.58. The molecule has 1 aliphatic heterocycles. The van der Waals surface area contributed by atoms with Crippen LogP contribution in [0.25, 0.3) is 0 Å². The second kappa shape index (κ2) is 7.90. The minimum atomic E-state index is -0.679. The van der Waals surface area contributed by atoms with E-state index in [0.717, 1.165) is 25.7 Å². The van der Waals surface area contributed by atoms with Gasteiger partial charge in [-0.2, -0.15) is 0 Å². The van der Waals surface area contributed by atoms with Crippen molar-refractivity contribution in [3.63, 3.8) is 0 Å². The number of rotatable bonds is 4. The summed E-state index contributed by atoms with van der Waals surface area (Å²) in [6, 6.07) is 3.66. The van der Waals surface area contributed by atoms with Crippen molar-refractivity contribution in [1.82, 2.24) is 10.6 Å². The van der Waals surface area contributed by atoms with Crippen LogP contribution in [0.3, 0.4) is 0 Å². The van der Waals surface area contributed by atoms with Crippen LogP contribution in [-0.4, -0.2) is 30.3 Å². The second-order valence-electron chi connectivity index (χ2n) is 7.30. The summed E-state index contributed by atoms with van der Waals surface area (Å²) in [4.78, 5) is 24.9. The molecule has 2 aliphatic rings. The number of hydrogen-bond acceptors (Lipinski definition) is 5. The summed E-state index contributed by atoms with van der Waals surface area (Å²) in [5, 5.41) is 15.2. The van der Waals surface area contributed by atoms with E-state index in [1.165, 1.54) is 13.2 Å². The molecule has 3 atom stereocenters. The molecular weight excluding hydrogens is 348 g/mol. The molecule has 1 aromatic rings. The van der Waals surface area contributed by atoms with Crippen molar-refractivity contribution in [3.8, 4) is 11.5 Å². The van der Waals surface area contributed by atoms with Crippen molar-refractivity contribution in [2.75, 3.05) is 7.11 Å². The molecule has 0 saturated heterocycles. The van der Waals surface area contributed by atoms with Gasteiger partial charge in [0.2, 0.25) is 0 Å². The number of phenolic OH excluding ortho intramolecular Hbond substituents is 1. The lowest BCUT2D eigenvalue weighted by molar-refractivity contribution is -0.146. The van der Waals surface area contributed by atoms with Crippen molar-refractivity contribution in [2.24, 2.45) is 5.92 Å². The van der Waals surface area contributed by atoms with Gasteiger partial charge < -0.3 is 25.2 Å². The maximum absolute atomic E-state index is 12.9. The van der Waals surface area contributed by atoms with Crippen LogP contribution < -0.4 is 15.4 Å². The first kappa shape index (κ1) is 19.1. The van der Waals surface area contributed by atoms with Gasteiger partial charge in [0, 0.05) is 5.70 Å². The van der Waals surface area contributed by atoms with Gasteiger partial charge in [-0.15, -0.1) is 0 Å². The Morgan fingerprint density at radius 3 is 2.78 bits per heavy atom. The first-order valence-corrected chi connectivity index (χ1v) is 9.25. The normalized spacial score (nSPS) is 25.4. The average Bonchev–Trinajstić information content (AvgIpc) is 2.61. The summed E-state index contributed by atoms with van der Waals surface area (Å²) in [7, 11) is 1.44. The van der Waals surface area contributed by atoms with Crippen molar-refractivity contribution in [1.29, 1.82) is 0 Å².